The molecular weight excluding hydrogens is 395 g/mol. The number of carbonyl (C=O) groups is 2. The van der Waals surface area contributed by atoms with Crippen molar-refractivity contribution in [3.63, 3.8) is 0 Å². The van der Waals surface area contributed by atoms with E-state index >= 15 is 0 Å². The molecule has 0 unspecified atom stereocenters. The van der Waals surface area contributed by atoms with Gasteiger partial charge in [-0.3, -0.25) is 0 Å². The second-order valence-corrected chi connectivity index (χ2v) is 8.33. The summed E-state index contributed by atoms with van der Waals surface area (Å²) in [5.74, 6) is -0.549. The fourth-order valence-corrected chi connectivity index (χ4v) is 3.89. The van der Waals surface area contributed by atoms with Crippen LogP contribution in [0.1, 0.15) is 26.3 Å². The zero-order chi connectivity index (χ0) is 19.0. The minimum atomic E-state index is -0.807. The maximum absolute atomic E-state index is 11.8. The molecule has 0 heterocycles. The van der Waals surface area contributed by atoms with Gasteiger partial charge >= 0.3 is 152 Å². The first-order chi connectivity index (χ1) is 11.6. The van der Waals surface area contributed by atoms with Gasteiger partial charge in [-0.1, -0.05) is 0 Å². The zero-order valence-corrected chi connectivity index (χ0v) is 16.3. The van der Waals surface area contributed by atoms with Crippen molar-refractivity contribution in [1.82, 2.24) is 5.32 Å². The summed E-state index contributed by atoms with van der Waals surface area (Å²) in [4.78, 5) is 34.0. The van der Waals surface area contributed by atoms with Crippen LogP contribution in [0.4, 0.5) is 10.5 Å². The van der Waals surface area contributed by atoms with Crippen LogP contribution in [0.3, 0.4) is 0 Å². The first-order valence-corrected chi connectivity index (χ1v) is 9.93. The van der Waals surface area contributed by atoms with Gasteiger partial charge in [0.05, 0.1) is 0 Å². The number of nitro benzene ring substituents is 1. The van der Waals surface area contributed by atoms with Crippen LogP contribution in [0.15, 0.2) is 24.3 Å². The van der Waals surface area contributed by atoms with Crippen LogP contribution in [0.25, 0.3) is 0 Å². The molecule has 0 fully saturated rings. The molecule has 0 bridgehead atoms. The van der Waals surface area contributed by atoms with Crippen LogP contribution in [0, 0.1) is 10.1 Å². The van der Waals surface area contributed by atoms with Gasteiger partial charge in [-0.05, 0) is 0 Å². The number of amides is 1. The Morgan fingerprint density at radius 1 is 1.36 bits per heavy atom. The summed E-state index contributed by atoms with van der Waals surface area (Å²) >= 11 is -0.0664. The number of carbonyl (C=O) groups excluding carboxylic acids is 2. The Morgan fingerprint density at radius 2 is 2.04 bits per heavy atom. The SMILES string of the molecule is COC(=O)[C@H](C[Se]Cc1cccc([N+](=O)[O-])c1)NC(=O)OC(C)(C)C. The van der Waals surface area contributed by atoms with Gasteiger partial charge in [-0.15, -0.1) is 0 Å². The van der Waals surface area contributed by atoms with Crippen molar-refractivity contribution < 1.29 is 24.0 Å². The summed E-state index contributed by atoms with van der Waals surface area (Å²) < 4.78 is 9.85. The summed E-state index contributed by atoms with van der Waals surface area (Å²) in [7, 11) is 1.25. The average Bonchev–Trinajstić information content (AvgIpc) is 2.51. The molecule has 0 aliphatic rings. The van der Waals surface area contributed by atoms with Gasteiger partial charge in [0.25, 0.3) is 0 Å². The summed E-state index contributed by atoms with van der Waals surface area (Å²) in [6.45, 7) is 5.18. The molecule has 0 aliphatic carbocycles. The van der Waals surface area contributed by atoms with E-state index in [0.29, 0.717) is 10.6 Å². The quantitative estimate of drug-likeness (QED) is 0.316. The predicted octanol–water partition coefficient (Wildman–Crippen LogP) is 2.28. The number of ether oxygens (including phenoxy) is 2. The van der Waals surface area contributed by atoms with Crippen LogP contribution in [0.5, 0.6) is 0 Å². The van der Waals surface area contributed by atoms with Gasteiger partial charge in [0.15, 0.2) is 0 Å². The van der Waals surface area contributed by atoms with Gasteiger partial charge in [-0.25, -0.2) is 0 Å². The predicted molar refractivity (Wildman–Crippen MR) is 92.5 cm³/mol. The topological polar surface area (TPSA) is 108 Å². The molecule has 0 radical (unpaired) electrons. The Morgan fingerprint density at radius 3 is 2.60 bits per heavy atom. The number of non-ortho nitro benzene ring substituents is 1. The van der Waals surface area contributed by atoms with E-state index in [0.717, 1.165) is 5.56 Å². The monoisotopic (exact) mass is 418 g/mol. The van der Waals surface area contributed by atoms with Crippen LogP contribution in [-0.2, 0) is 19.6 Å². The van der Waals surface area contributed by atoms with E-state index in [9.17, 15) is 19.7 Å². The number of hydrogen-bond donors (Lipinski definition) is 1. The Hall–Kier alpha value is -2.12. The Bertz CT molecular complexity index is 629. The third kappa shape index (κ3) is 8.00. The fourth-order valence-electron chi connectivity index (χ4n) is 1.82. The molecule has 8 nitrogen and oxygen atoms in total. The van der Waals surface area contributed by atoms with Crippen LogP contribution < -0.4 is 5.32 Å². The number of benzene rings is 1. The molecule has 138 valence electrons. The standard InChI is InChI=1S/C16H22N2O6Se/c1-16(2,3)24-15(20)17-13(14(19)23-4)10-25-9-11-6-5-7-12(8-11)18(21)22/h5-8,13H,9-10H2,1-4H3,(H,17,20)/t13-/m0/s1. The summed E-state index contributed by atoms with van der Waals surface area (Å²) in [5, 5.41) is 14.3. The van der Waals surface area contributed by atoms with E-state index in [4.69, 9.17) is 9.47 Å². The number of nitro groups is 1. The number of methoxy groups -OCH3 is 1. The van der Waals surface area contributed by atoms with Crippen molar-refractivity contribution in [2.75, 3.05) is 7.11 Å². The van der Waals surface area contributed by atoms with E-state index in [1.54, 1.807) is 32.9 Å². The van der Waals surface area contributed by atoms with Gasteiger partial charge in [0.2, 0.25) is 0 Å². The fraction of sp³-hybridized carbons (Fsp3) is 0.500. The maximum atomic E-state index is 11.8. The molecule has 0 aromatic heterocycles. The first kappa shape index (κ1) is 20.9. The molecule has 0 saturated carbocycles. The molecule has 0 saturated heterocycles. The number of esters is 1. The second-order valence-electron chi connectivity index (χ2n) is 6.16. The Labute approximate surface area is 152 Å². The van der Waals surface area contributed by atoms with Gasteiger partial charge < -0.3 is 0 Å². The number of rotatable bonds is 7. The van der Waals surface area contributed by atoms with Crippen molar-refractivity contribution in [3.05, 3.63) is 39.9 Å². The van der Waals surface area contributed by atoms with Crippen LogP contribution in [-0.4, -0.2) is 50.7 Å². The summed E-state index contributed by atoms with van der Waals surface area (Å²) in [6, 6.07) is 5.55. The molecule has 1 aromatic carbocycles. The molecule has 1 N–H and O–H groups in total. The van der Waals surface area contributed by atoms with Crippen LogP contribution in [0.2, 0.25) is 5.32 Å². The summed E-state index contributed by atoms with van der Waals surface area (Å²) in [6.07, 6.45) is -0.686. The van der Waals surface area contributed by atoms with Crippen molar-refractivity contribution in [3.8, 4) is 0 Å². The first-order valence-electron chi connectivity index (χ1n) is 7.51. The van der Waals surface area contributed by atoms with E-state index in [1.807, 2.05) is 0 Å². The normalized spacial score (nSPS) is 12.2. The van der Waals surface area contributed by atoms with Gasteiger partial charge in [0.1, 0.15) is 0 Å². The molecule has 1 amide bonds. The van der Waals surface area contributed by atoms with Crippen molar-refractivity contribution in [2.45, 2.75) is 43.1 Å². The molecule has 0 aliphatic heterocycles. The second kappa shape index (κ2) is 9.39. The van der Waals surface area contributed by atoms with Gasteiger partial charge in [0, 0.05) is 0 Å². The molecule has 1 atom stereocenters. The Balaban J connectivity index is 2.61. The molecule has 9 heteroatoms. The third-order valence-corrected chi connectivity index (χ3v) is 5.17. The van der Waals surface area contributed by atoms with Crippen LogP contribution >= 0.6 is 0 Å². The molecular formula is C16H22N2O6Se. The van der Waals surface area contributed by atoms with E-state index in [1.165, 1.54) is 19.2 Å². The molecule has 1 aromatic rings. The van der Waals surface area contributed by atoms with Crippen molar-refractivity contribution in [1.29, 1.82) is 0 Å². The van der Waals surface area contributed by atoms with Crippen molar-refractivity contribution >= 4 is 32.7 Å². The number of alkyl carbamates (subject to hydrolysis) is 1. The molecule has 25 heavy (non-hydrogen) atoms. The number of nitrogens with one attached hydrogen (secondary N) is 1. The summed E-state index contributed by atoms with van der Waals surface area (Å²) in [5.41, 5.74) is 0.179. The molecule has 0 spiro atoms. The number of nitrogens with zero attached hydrogens (tertiary/aromatic N) is 1. The van der Waals surface area contributed by atoms with Gasteiger partial charge in [-0.2, -0.15) is 0 Å². The third-order valence-electron chi connectivity index (χ3n) is 2.85. The van der Waals surface area contributed by atoms with E-state index in [2.05, 4.69) is 5.32 Å². The zero-order valence-electron chi connectivity index (χ0n) is 14.6. The van der Waals surface area contributed by atoms with Crippen molar-refractivity contribution in [2.24, 2.45) is 0 Å². The van der Waals surface area contributed by atoms with E-state index in [-0.39, 0.29) is 20.6 Å². The van der Waals surface area contributed by atoms with E-state index < -0.39 is 28.6 Å². The number of hydrogen-bond acceptors (Lipinski definition) is 6. The molecule has 1 rings (SSSR count). The minimum absolute atomic E-state index is 0.0321. The average molecular weight is 417 g/mol. The Kier molecular flexibility index (Phi) is 7.85.